The number of aromatic nitrogens is 3. The molecule has 0 aliphatic carbocycles. The van der Waals surface area contributed by atoms with Crippen molar-refractivity contribution in [2.45, 2.75) is 91.3 Å². The van der Waals surface area contributed by atoms with Gasteiger partial charge >= 0.3 is 12.1 Å². The van der Waals surface area contributed by atoms with E-state index >= 15 is 0 Å². The van der Waals surface area contributed by atoms with Crippen LogP contribution in [0.5, 0.6) is 5.75 Å². The van der Waals surface area contributed by atoms with Gasteiger partial charge in [0.2, 0.25) is 0 Å². The molecule has 1 aliphatic heterocycles. The van der Waals surface area contributed by atoms with Gasteiger partial charge in [-0.05, 0) is 89.3 Å². The number of ether oxygens (including phenoxy) is 4. The summed E-state index contributed by atoms with van der Waals surface area (Å²) in [6.07, 6.45) is 3.81. The fourth-order valence-corrected chi connectivity index (χ4v) is 9.00. The fourth-order valence-electron chi connectivity index (χ4n) is 8.35. The van der Waals surface area contributed by atoms with Crippen LogP contribution >= 0.6 is 27.5 Å². The molecule has 3 heterocycles. The number of amides is 1. The molecule has 0 unspecified atom stereocenters. The largest absolute Gasteiger partial charge is 0.493 e. The molecule has 0 spiro atoms. The smallest absolute Gasteiger partial charge is 0.410 e. The highest BCUT2D eigenvalue weighted by Gasteiger charge is 2.35. The third-order valence-electron chi connectivity index (χ3n) is 11.2. The molecule has 13 heteroatoms. The van der Waals surface area contributed by atoms with Crippen molar-refractivity contribution in [1.82, 2.24) is 24.1 Å². The first kappa shape index (κ1) is 45.4. The molecule has 3 aromatic carbocycles. The van der Waals surface area contributed by atoms with E-state index in [1.807, 2.05) is 75.8 Å². The van der Waals surface area contributed by atoms with Crippen LogP contribution in [0.25, 0.3) is 32.8 Å². The number of benzene rings is 3. The fraction of sp³-hybridized carbons (Fsp3) is 0.511. The van der Waals surface area contributed by atoms with Gasteiger partial charge in [0.15, 0.2) is 0 Å². The molecule has 0 N–H and O–H groups in total. The molecule has 1 fully saturated rings. The van der Waals surface area contributed by atoms with Crippen LogP contribution in [0.4, 0.5) is 4.79 Å². The molecule has 324 valence electrons. The second kappa shape index (κ2) is 20.6. The number of alkyl halides is 1. The average Bonchev–Trinajstić information content (AvgIpc) is 3.72. The highest BCUT2D eigenvalue weighted by Crippen LogP contribution is 2.45. The summed E-state index contributed by atoms with van der Waals surface area (Å²) in [6, 6.07) is 17.8. The normalized spacial score (nSPS) is 14.2. The molecule has 0 saturated carbocycles. The Morgan fingerprint density at radius 1 is 0.967 bits per heavy atom. The molecular formula is C47H61BrClN5O6. The number of morpholine rings is 1. The minimum atomic E-state index is -0.688. The average molecular weight is 907 g/mol. The number of rotatable bonds is 18. The third kappa shape index (κ3) is 10.3. The third-order valence-corrected chi connectivity index (χ3v) is 12.0. The number of hydrogen-bond donors (Lipinski definition) is 0. The van der Waals surface area contributed by atoms with Crippen molar-refractivity contribution in [2.24, 2.45) is 7.05 Å². The van der Waals surface area contributed by atoms with Gasteiger partial charge in [0.1, 0.15) is 17.0 Å². The van der Waals surface area contributed by atoms with Crippen LogP contribution in [-0.4, -0.2) is 100 Å². The van der Waals surface area contributed by atoms with Gasteiger partial charge in [-0.2, -0.15) is 5.10 Å². The van der Waals surface area contributed by atoms with Gasteiger partial charge in [-0.15, -0.1) is 0 Å². The monoisotopic (exact) mass is 905 g/mol. The molecule has 5 aromatic rings. The Balaban J connectivity index is 1.51. The van der Waals surface area contributed by atoms with Crippen molar-refractivity contribution < 1.29 is 28.5 Å². The SMILES string of the molecule is CCOC(=O)c1c(CCCOc2cccc3ccccc23)c2ccc(Cl)c(-c3c([C@@H](CCN4CCOCC4)N(C)C(=O)OC(C)(C)C)nn(C)c3CC)c2n1CCCCBr. The Labute approximate surface area is 368 Å². The standard InChI is InChI=1S/C47H61BrClN5O6/c1-8-37-41(42(50-52(37)7)38(23-26-53-27-30-57-31-28-53)51(6)46(56)60-47(3,4)5)40-36(49)22-21-35-34(44(45(55)58-9-2)54(43(35)40)25-13-12-24-48)19-15-29-59-39-20-14-17-32-16-10-11-18-33(32)39/h10-11,14,16-18,20-22,38H,8-9,12-13,15,19,23-31H2,1-7H3/t38-/m1/s1. The van der Waals surface area contributed by atoms with Crippen molar-refractivity contribution in [3.63, 3.8) is 0 Å². The zero-order valence-corrected chi connectivity index (χ0v) is 38.7. The highest BCUT2D eigenvalue weighted by atomic mass is 79.9. The summed E-state index contributed by atoms with van der Waals surface area (Å²) in [5, 5.41) is 9.72. The number of esters is 1. The Morgan fingerprint density at radius 2 is 1.72 bits per heavy atom. The summed E-state index contributed by atoms with van der Waals surface area (Å²) >= 11 is 11.1. The van der Waals surface area contributed by atoms with E-state index in [0.717, 1.165) is 93.3 Å². The van der Waals surface area contributed by atoms with Crippen molar-refractivity contribution in [3.05, 3.63) is 82.3 Å². The van der Waals surface area contributed by atoms with Gasteiger partial charge in [0.05, 0.1) is 48.7 Å². The van der Waals surface area contributed by atoms with E-state index in [0.29, 0.717) is 62.8 Å². The lowest BCUT2D eigenvalue weighted by Crippen LogP contribution is -2.41. The van der Waals surface area contributed by atoms with E-state index < -0.39 is 17.7 Å². The van der Waals surface area contributed by atoms with E-state index in [-0.39, 0.29) is 12.6 Å². The van der Waals surface area contributed by atoms with Crippen LogP contribution in [-0.2, 0) is 40.6 Å². The van der Waals surface area contributed by atoms with E-state index in [9.17, 15) is 9.59 Å². The van der Waals surface area contributed by atoms with Crippen LogP contribution in [0.1, 0.15) is 93.8 Å². The highest BCUT2D eigenvalue weighted by molar-refractivity contribution is 9.09. The summed E-state index contributed by atoms with van der Waals surface area (Å²) in [7, 11) is 3.75. The van der Waals surface area contributed by atoms with Crippen molar-refractivity contribution in [1.29, 1.82) is 0 Å². The minimum absolute atomic E-state index is 0.244. The molecule has 60 heavy (non-hydrogen) atoms. The van der Waals surface area contributed by atoms with Crippen LogP contribution in [0, 0.1) is 0 Å². The van der Waals surface area contributed by atoms with Crippen molar-refractivity contribution in [3.8, 4) is 16.9 Å². The van der Waals surface area contributed by atoms with Gasteiger partial charge in [0, 0.05) is 73.2 Å². The number of aryl methyl sites for hydroxylation is 3. The number of hydrogen-bond acceptors (Lipinski definition) is 8. The summed E-state index contributed by atoms with van der Waals surface area (Å²) in [5.41, 5.74) is 5.00. The van der Waals surface area contributed by atoms with Gasteiger partial charge in [0.25, 0.3) is 0 Å². The number of nitrogens with zero attached hydrogens (tertiary/aromatic N) is 5. The molecule has 6 rings (SSSR count). The number of unbranched alkanes of at least 4 members (excludes halogenated alkanes) is 1. The van der Waals surface area contributed by atoms with E-state index in [1.165, 1.54) is 0 Å². The summed E-state index contributed by atoms with van der Waals surface area (Å²) < 4.78 is 27.9. The zero-order valence-electron chi connectivity index (χ0n) is 36.3. The summed E-state index contributed by atoms with van der Waals surface area (Å²) in [6.45, 7) is 14.6. The molecule has 1 saturated heterocycles. The molecule has 1 amide bonds. The second-order valence-electron chi connectivity index (χ2n) is 16.4. The first-order valence-corrected chi connectivity index (χ1v) is 22.9. The summed E-state index contributed by atoms with van der Waals surface area (Å²) in [5.74, 6) is 0.468. The predicted molar refractivity (Wildman–Crippen MR) is 244 cm³/mol. The first-order chi connectivity index (χ1) is 28.9. The maximum atomic E-state index is 14.2. The summed E-state index contributed by atoms with van der Waals surface area (Å²) in [4.78, 5) is 32.2. The molecule has 0 radical (unpaired) electrons. The first-order valence-electron chi connectivity index (χ1n) is 21.4. The quantitative estimate of drug-likeness (QED) is 0.0487. The van der Waals surface area contributed by atoms with Crippen LogP contribution in [0.15, 0.2) is 54.6 Å². The maximum Gasteiger partial charge on any atom is 0.410 e. The van der Waals surface area contributed by atoms with Crippen LogP contribution < -0.4 is 4.74 Å². The number of carbonyl (C=O) groups excluding carboxylic acids is 2. The topological polar surface area (TPSA) is 100 Å². The van der Waals surface area contributed by atoms with Gasteiger partial charge < -0.3 is 28.4 Å². The molecule has 1 aliphatic rings. The molecule has 0 bridgehead atoms. The molecule has 11 nitrogen and oxygen atoms in total. The van der Waals surface area contributed by atoms with Gasteiger partial charge in [-0.1, -0.05) is 76.9 Å². The Kier molecular flexibility index (Phi) is 15.6. The van der Waals surface area contributed by atoms with E-state index in [4.69, 9.17) is 35.6 Å². The minimum Gasteiger partial charge on any atom is -0.493 e. The van der Waals surface area contributed by atoms with Crippen molar-refractivity contribution >= 4 is 61.3 Å². The lowest BCUT2D eigenvalue weighted by Gasteiger charge is -2.33. The van der Waals surface area contributed by atoms with Crippen molar-refractivity contribution in [2.75, 3.05) is 58.4 Å². The zero-order chi connectivity index (χ0) is 43.0. The number of fused-ring (bicyclic) bond motifs is 2. The molecular weight excluding hydrogens is 846 g/mol. The Hall–Kier alpha value is -4.10. The molecule has 2 aromatic heterocycles. The number of halogens is 2. The van der Waals surface area contributed by atoms with Gasteiger partial charge in [-0.25, -0.2) is 9.59 Å². The second-order valence-corrected chi connectivity index (χ2v) is 17.6. The van der Waals surface area contributed by atoms with E-state index in [2.05, 4.69) is 50.5 Å². The lowest BCUT2D eigenvalue weighted by molar-refractivity contribution is 0.0148. The Bertz CT molecular complexity index is 2250. The molecule has 1 atom stereocenters. The predicted octanol–water partition coefficient (Wildman–Crippen LogP) is 10.4. The van der Waals surface area contributed by atoms with Crippen LogP contribution in [0.2, 0.25) is 5.02 Å². The number of carbonyl (C=O) groups is 2. The maximum absolute atomic E-state index is 14.2. The van der Waals surface area contributed by atoms with E-state index in [1.54, 1.807) is 11.9 Å². The lowest BCUT2D eigenvalue weighted by atomic mass is 9.93. The Morgan fingerprint density at radius 3 is 2.43 bits per heavy atom. The van der Waals surface area contributed by atoms with Gasteiger partial charge in [-0.3, -0.25) is 9.58 Å². The van der Waals surface area contributed by atoms with Crippen LogP contribution in [0.3, 0.4) is 0 Å².